The van der Waals surface area contributed by atoms with Crippen molar-refractivity contribution in [2.24, 2.45) is 4.99 Å². The summed E-state index contributed by atoms with van der Waals surface area (Å²) in [6, 6.07) is 9.69. The number of nitrogens with zero attached hydrogens (tertiary/aromatic N) is 3. The van der Waals surface area contributed by atoms with Crippen molar-refractivity contribution in [2.75, 3.05) is 31.6 Å². The van der Waals surface area contributed by atoms with Crippen LogP contribution in [-0.2, 0) is 6.42 Å². The third-order valence-electron chi connectivity index (χ3n) is 4.41. The molecule has 1 unspecified atom stereocenters. The first-order valence-corrected chi connectivity index (χ1v) is 8.73. The van der Waals surface area contributed by atoms with Gasteiger partial charge in [-0.25, -0.2) is 13.8 Å². The molecule has 1 aromatic heterocycles. The van der Waals surface area contributed by atoms with Crippen LogP contribution in [0.15, 0.2) is 47.6 Å². The lowest BCUT2D eigenvalue weighted by molar-refractivity contribution is 0.612. The predicted molar refractivity (Wildman–Crippen MR) is 115 cm³/mol. The van der Waals surface area contributed by atoms with Gasteiger partial charge in [-0.3, -0.25) is 4.99 Å². The number of hydrogen-bond donors (Lipinski definition) is 2. The molecular formula is C19H24F2IN5. The van der Waals surface area contributed by atoms with Crippen LogP contribution < -0.4 is 15.5 Å². The van der Waals surface area contributed by atoms with Gasteiger partial charge in [0.05, 0.1) is 0 Å². The molecule has 1 fully saturated rings. The van der Waals surface area contributed by atoms with Gasteiger partial charge in [0.1, 0.15) is 5.82 Å². The summed E-state index contributed by atoms with van der Waals surface area (Å²) in [5.74, 6) is 0.584. The van der Waals surface area contributed by atoms with Gasteiger partial charge in [-0.1, -0.05) is 12.1 Å². The molecule has 0 radical (unpaired) electrons. The predicted octanol–water partition coefficient (Wildman–Crippen LogP) is 2.96. The SMILES string of the molecule is CN=C(NCCc1ccc(F)cc1)NC1CCN(c2ncccc2F)C1.I. The monoisotopic (exact) mass is 487 g/mol. The number of anilines is 1. The van der Waals surface area contributed by atoms with Crippen molar-refractivity contribution < 1.29 is 8.78 Å². The van der Waals surface area contributed by atoms with Gasteiger partial charge < -0.3 is 15.5 Å². The third-order valence-corrected chi connectivity index (χ3v) is 4.41. The third kappa shape index (κ3) is 6.02. The molecule has 8 heteroatoms. The zero-order valence-corrected chi connectivity index (χ0v) is 17.5. The number of hydrogen-bond acceptors (Lipinski definition) is 3. The maximum atomic E-state index is 13.9. The van der Waals surface area contributed by atoms with Gasteiger partial charge in [-0.15, -0.1) is 24.0 Å². The highest BCUT2D eigenvalue weighted by Gasteiger charge is 2.25. The number of guanidine groups is 1. The molecule has 1 aromatic carbocycles. The lowest BCUT2D eigenvalue weighted by Crippen LogP contribution is -2.45. The van der Waals surface area contributed by atoms with Gasteiger partial charge in [-0.05, 0) is 42.7 Å². The standard InChI is InChI=1S/C19H23F2N5.HI/c1-22-19(24-11-8-14-4-6-15(20)7-5-14)25-16-9-12-26(13-16)18-17(21)3-2-10-23-18;/h2-7,10,16H,8-9,11-13H2,1H3,(H2,22,24,25);1H. The Labute approximate surface area is 175 Å². The van der Waals surface area contributed by atoms with Crippen LogP contribution in [0.5, 0.6) is 0 Å². The number of pyridine rings is 1. The highest BCUT2D eigenvalue weighted by Crippen LogP contribution is 2.20. The highest BCUT2D eigenvalue weighted by molar-refractivity contribution is 14.0. The van der Waals surface area contributed by atoms with E-state index in [1.807, 2.05) is 4.90 Å². The summed E-state index contributed by atoms with van der Waals surface area (Å²) in [7, 11) is 1.72. The van der Waals surface area contributed by atoms with Gasteiger partial charge in [0.2, 0.25) is 0 Å². The van der Waals surface area contributed by atoms with Crippen molar-refractivity contribution >= 4 is 35.8 Å². The average molecular weight is 487 g/mol. The normalized spacial score (nSPS) is 16.8. The minimum Gasteiger partial charge on any atom is -0.356 e. The van der Waals surface area contributed by atoms with Crippen molar-refractivity contribution in [2.45, 2.75) is 18.9 Å². The molecule has 1 aliphatic heterocycles. The Bertz CT molecular complexity index is 754. The Kier molecular flexibility index (Phi) is 8.21. The van der Waals surface area contributed by atoms with E-state index in [4.69, 9.17) is 0 Å². The first-order valence-electron chi connectivity index (χ1n) is 8.73. The number of nitrogens with one attached hydrogen (secondary N) is 2. The van der Waals surface area contributed by atoms with Crippen LogP contribution in [0.4, 0.5) is 14.6 Å². The number of benzene rings is 1. The minimum absolute atomic E-state index is 0. The van der Waals surface area contributed by atoms with E-state index in [0.29, 0.717) is 24.9 Å². The van der Waals surface area contributed by atoms with Crippen LogP contribution >= 0.6 is 24.0 Å². The summed E-state index contributed by atoms with van der Waals surface area (Å²) in [5.41, 5.74) is 1.06. The summed E-state index contributed by atoms with van der Waals surface area (Å²) in [5, 5.41) is 6.63. The molecule has 1 aliphatic rings. The molecule has 2 heterocycles. The van der Waals surface area contributed by atoms with E-state index in [2.05, 4.69) is 20.6 Å². The smallest absolute Gasteiger partial charge is 0.191 e. The quantitative estimate of drug-likeness (QED) is 0.387. The molecular weight excluding hydrogens is 463 g/mol. The Morgan fingerprint density at radius 1 is 1.26 bits per heavy atom. The topological polar surface area (TPSA) is 52.6 Å². The largest absolute Gasteiger partial charge is 0.356 e. The Morgan fingerprint density at radius 2 is 2.04 bits per heavy atom. The maximum absolute atomic E-state index is 13.9. The van der Waals surface area contributed by atoms with Gasteiger partial charge in [0.25, 0.3) is 0 Å². The summed E-state index contributed by atoms with van der Waals surface area (Å²) in [4.78, 5) is 10.3. The van der Waals surface area contributed by atoms with Crippen molar-refractivity contribution in [3.63, 3.8) is 0 Å². The van der Waals surface area contributed by atoms with Crippen molar-refractivity contribution in [3.8, 4) is 0 Å². The van der Waals surface area contributed by atoms with Gasteiger partial charge in [0, 0.05) is 38.9 Å². The number of aliphatic imine (C=N–C) groups is 1. The van der Waals surface area contributed by atoms with E-state index in [0.717, 1.165) is 24.9 Å². The van der Waals surface area contributed by atoms with Gasteiger partial charge in [0.15, 0.2) is 17.6 Å². The molecule has 3 rings (SSSR count). The second-order valence-electron chi connectivity index (χ2n) is 6.26. The molecule has 2 N–H and O–H groups in total. The second kappa shape index (κ2) is 10.4. The first kappa shape index (κ1) is 21.3. The fourth-order valence-corrected chi connectivity index (χ4v) is 3.04. The van der Waals surface area contributed by atoms with Crippen LogP contribution in [0.2, 0.25) is 0 Å². The van der Waals surface area contributed by atoms with Crippen LogP contribution in [0.3, 0.4) is 0 Å². The lowest BCUT2D eigenvalue weighted by atomic mass is 10.1. The van der Waals surface area contributed by atoms with Crippen molar-refractivity contribution in [1.82, 2.24) is 15.6 Å². The fourth-order valence-electron chi connectivity index (χ4n) is 3.04. The van der Waals surface area contributed by atoms with E-state index in [1.54, 1.807) is 31.4 Å². The summed E-state index contributed by atoms with van der Waals surface area (Å²) in [6.45, 7) is 2.11. The van der Waals surface area contributed by atoms with Gasteiger partial charge >= 0.3 is 0 Å². The molecule has 1 atom stereocenters. The van der Waals surface area contributed by atoms with Crippen molar-refractivity contribution in [1.29, 1.82) is 0 Å². The van der Waals surface area contributed by atoms with Crippen LogP contribution in [-0.4, -0.2) is 43.7 Å². The Morgan fingerprint density at radius 3 is 2.74 bits per heavy atom. The zero-order chi connectivity index (χ0) is 18.4. The second-order valence-corrected chi connectivity index (χ2v) is 6.26. The molecule has 27 heavy (non-hydrogen) atoms. The minimum atomic E-state index is -0.296. The van der Waals surface area contributed by atoms with Gasteiger partial charge in [-0.2, -0.15) is 0 Å². The highest BCUT2D eigenvalue weighted by atomic mass is 127. The molecule has 0 amide bonds. The average Bonchev–Trinajstić information content (AvgIpc) is 3.11. The zero-order valence-electron chi connectivity index (χ0n) is 15.2. The molecule has 0 bridgehead atoms. The fraction of sp³-hybridized carbons (Fsp3) is 0.368. The van der Waals surface area contributed by atoms with E-state index in [-0.39, 0.29) is 41.7 Å². The molecule has 1 saturated heterocycles. The number of rotatable bonds is 5. The number of halogens is 3. The van der Waals surface area contributed by atoms with Crippen LogP contribution in [0.1, 0.15) is 12.0 Å². The first-order chi connectivity index (χ1) is 12.7. The maximum Gasteiger partial charge on any atom is 0.191 e. The molecule has 0 aliphatic carbocycles. The molecule has 0 spiro atoms. The summed E-state index contributed by atoms with van der Waals surface area (Å²) < 4.78 is 26.8. The van der Waals surface area contributed by atoms with Crippen LogP contribution in [0.25, 0.3) is 0 Å². The van der Waals surface area contributed by atoms with E-state index < -0.39 is 0 Å². The van der Waals surface area contributed by atoms with Crippen LogP contribution in [0, 0.1) is 11.6 Å². The Hall–Kier alpha value is -1.97. The van der Waals surface area contributed by atoms with E-state index in [1.165, 1.54) is 18.2 Å². The van der Waals surface area contributed by atoms with E-state index >= 15 is 0 Å². The Balaban J connectivity index is 0.00000261. The molecule has 0 saturated carbocycles. The van der Waals surface area contributed by atoms with E-state index in [9.17, 15) is 8.78 Å². The number of aromatic nitrogens is 1. The molecule has 146 valence electrons. The molecule has 5 nitrogen and oxygen atoms in total. The summed E-state index contributed by atoms with van der Waals surface area (Å²) in [6.07, 6.45) is 3.26. The van der Waals surface area contributed by atoms with Crippen molar-refractivity contribution in [3.05, 3.63) is 59.8 Å². The summed E-state index contributed by atoms with van der Waals surface area (Å²) >= 11 is 0. The molecule has 2 aromatic rings. The lowest BCUT2D eigenvalue weighted by Gasteiger charge is -2.20.